The Morgan fingerprint density at radius 2 is 1.89 bits per heavy atom. The molecule has 0 amide bonds. The number of benzene rings is 1. The van der Waals surface area contributed by atoms with E-state index in [1.54, 1.807) is 5.32 Å². The normalized spacial score (nSPS) is 25.8. The molecular weight excluding hydrogens is 414 g/mol. The van der Waals surface area contributed by atoms with Crippen molar-refractivity contribution in [3.05, 3.63) is 45.1 Å². The molecular formula is C16H14Cl2F3NO5. The molecule has 1 heterocycles. The number of carbonyl (C=O) groups is 2. The van der Waals surface area contributed by atoms with E-state index in [-0.39, 0.29) is 15.6 Å². The maximum atomic E-state index is 13.6. The van der Waals surface area contributed by atoms with E-state index in [1.165, 1.54) is 18.2 Å². The zero-order chi connectivity index (χ0) is 20.7. The summed E-state index contributed by atoms with van der Waals surface area (Å²) >= 11 is 12.0. The Hall–Kier alpha value is -1.97. The predicted molar refractivity (Wildman–Crippen MR) is 89.2 cm³/mol. The van der Waals surface area contributed by atoms with Crippen LogP contribution in [0, 0.1) is 5.92 Å². The molecule has 1 aliphatic rings. The van der Waals surface area contributed by atoms with Gasteiger partial charge >= 0.3 is 18.1 Å². The lowest BCUT2D eigenvalue weighted by atomic mass is 9.71. The fourth-order valence-electron chi connectivity index (χ4n) is 3.13. The number of carboxylic acid groups (broad SMARTS) is 1. The SMILES string of the molecule is COC(=O)C1=C(C)NC(O)(C(F)(F)F)C(C(=O)O)C1c1cccc(Cl)c1Cl. The molecule has 1 aliphatic heterocycles. The van der Waals surface area contributed by atoms with Crippen LogP contribution >= 0.6 is 23.2 Å². The second-order valence-electron chi connectivity index (χ2n) is 5.86. The summed E-state index contributed by atoms with van der Waals surface area (Å²) < 4.78 is 45.4. The van der Waals surface area contributed by atoms with Crippen molar-refractivity contribution in [1.82, 2.24) is 5.32 Å². The van der Waals surface area contributed by atoms with E-state index in [2.05, 4.69) is 4.74 Å². The Morgan fingerprint density at radius 3 is 2.37 bits per heavy atom. The van der Waals surface area contributed by atoms with Crippen LogP contribution in [0.25, 0.3) is 0 Å². The molecule has 3 atom stereocenters. The van der Waals surface area contributed by atoms with Crippen LogP contribution in [0.4, 0.5) is 13.2 Å². The molecule has 1 aromatic rings. The van der Waals surface area contributed by atoms with Crippen molar-refractivity contribution in [1.29, 1.82) is 0 Å². The number of carboxylic acids is 1. The molecule has 0 radical (unpaired) electrons. The summed E-state index contributed by atoms with van der Waals surface area (Å²) in [5.41, 5.74) is -4.85. The van der Waals surface area contributed by atoms with Gasteiger partial charge in [-0.25, -0.2) is 4.79 Å². The summed E-state index contributed by atoms with van der Waals surface area (Å²) in [6.45, 7) is 1.09. The highest BCUT2D eigenvalue weighted by atomic mass is 35.5. The maximum absolute atomic E-state index is 13.6. The third-order valence-electron chi connectivity index (χ3n) is 4.30. The quantitative estimate of drug-likeness (QED) is 0.641. The minimum atomic E-state index is -5.39. The van der Waals surface area contributed by atoms with Gasteiger partial charge in [-0.15, -0.1) is 0 Å². The van der Waals surface area contributed by atoms with E-state index in [0.717, 1.165) is 14.0 Å². The fourth-order valence-corrected chi connectivity index (χ4v) is 3.55. The second kappa shape index (κ2) is 7.21. The molecule has 27 heavy (non-hydrogen) atoms. The zero-order valence-corrected chi connectivity index (χ0v) is 15.4. The highest BCUT2D eigenvalue weighted by Gasteiger charge is 2.67. The Kier molecular flexibility index (Phi) is 5.70. The summed E-state index contributed by atoms with van der Waals surface area (Å²) in [4.78, 5) is 24.0. The van der Waals surface area contributed by atoms with Crippen LogP contribution in [-0.2, 0) is 14.3 Å². The monoisotopic (exact) mass is 427 g/mol. The van der Waals surface area contributed by atoms with E-state index < -0.39 is 46.9 Å². The van der Waals surface area contributed by atoms with Crippen molar-refractivity contribution in [3.63, 3.8) is 0 Å². The van der Waals surface area contributed by atoms with Crippen LogP contribution in [0.3, 0.4) is 0 Å². The number of allylic oxidation sites excluding steroid dienone is 1. The molecule has 0 aliphatic carbocycles. The van der Waals surface area contributed by atoms with Crippen molar-refractivity contribution in [2.24, 2.45) is 5.92 Å². The van der Waals surface area contributed by atoms with E-state index in [9.17, 15) is 33.0 Å². The van der Waals surface area contributed by atoms with Gasteiger partial charge in [0, 0.05) is 11.6 Å². The third-order valence-corrected chi connectivity index (χ3v) is 5.13. The van der Waals surface area contributed by atoms with E-state index in [0.29, 0.717) is 0 Å². The Bertz CT molecular complexity index is 827. The van der Waals surface area contributed by atoms with Crippen LogP contribution < -0.4 is 5.32 Å². The number of esters is 1. The third kappa shape index (κ3) is 3.46. The molecule has 6 nitrogen and oxygen atoms in total. The number of carbonyl (C=O) groups excluding carboxylic acids is 1. The summed E-state index contributed by atoms with van der Waals surface area (Å²) in [6, 6.07) is 3.91. The van der Waals surface area contributed by atoms with Gasteiger partial charge in [-0.05, 0) is 18.6 Å². The Labute approximate surface area is 161 Å². The van der Waals surface area contributed by atoms with Gasteiger partial charge in [-0.1, -0.05) is 35.3 Å². The number of halogens is 5. The minimum absolute atomic E-state index is 0.0609. The van der Waals surface area contributed by atoms with Crippen molar-refractivity contribution in [2.45, 2.75) is 24.7 Å². The van der Waals surface area contributed by atoms with Crippen LogP contribution in [-0.4, -0.2) is 41.2 Å². The molecule has 1 aromatic carbocycles. The van der Waals surface area contributed by atoms with E-state index in [1.807, 2.05) is 0 Å². The van der Waals surface area contributed by atoms with Gasteiger partial charge in [0.05, 0.1) is 22.7 Å². The zero-order valence-electron chi connectivity index (χ0n) is 13.9. The molecule has 11 heteroatoms. The Morgan fingerprint density at radius 1 is 1.30 bits per heavy atom. The first-order chi connectivity index (χ1) is 12.4. The lowest BCUT2D eigenvalue weighted by molar-refractivity contribution is -0.292. The smallest absolute Gasteiger partial charge is 0.437 e. The van der Waals surface area contributed by atoms with Gasteiger partial charge in [-0.2, -0.15) is 13.2 Å². The summed E-state index contributed by atoms with van der Waals surface area (Å²) in [5, 5.41) is 21.2. The molecule has 0 aromatic heterocycles. The highest BCUT2D eigenvalue weighted by molar-refractivity contribution is 6.42. The van der Waals surface area contributed by atoms with Gasteiger partial charge in [0.15, 0.2) is 0 Å². The van der Waals surface area contributed by atoms with Crippen molar-refractivity contribution in [3.8, 4) is 0 Å². The Balaban J connectivity index is 2.89. The molecule has 0 fully saturated rings. The van der Waals surface area contributed by atoms with Crippen molar-refractivity contribution in [2.75, 3.05) is 7.11 Å². The summed E-state index contributed by atoms with van der Waals surface area (Å²) in [6.07, 6.45) is -5.39. The lowest BCUT2D eigenvalue weighted by Gasteiger charge is -2.45. The summed E-state index contributed by atoms with van der Waals surface area (Å²) in [7, 11) is 0.986. The van der Waals surface area contributed by atoms with Gasteiger partial charge < -0.3 is 20.3 Å². The highest BCUT2D eigenvalue weighted by Crippen LogP contribution is 2.50. The number of hydrogen-bond acceptors (Lipinski definition) is 5. The number of nitrogens with one attached hydrogen (secondary N) is 1. The first-order valence-corrected chi connectivity index (χ1v) is 8.15. The first-order valence-electron chi connectivity index (χ1n) is 7.39. The number of alkyl halides is 3. The van der Waals surface area contributed by atoms with E-state index in [4.69, 9.17) is 23.2 Å². The topological polar surface area (TPSA) is 95.9 Å². The van der Waals surface area contributed by atoms with Crippen LogP contribution in [0.2, 0.25) is 10.0 Å². The molecule has 148 valence electrons. The van der Waals surface area contributed by atoms with Crippen LogP contribution in [0.5, 0.6) is 0 Å². The summed E-state index contributed by atoms with van der Waals surface area (Å²) in [5.74, 6) is -7.41. The predicted octanol–water partition coefficient (Wildman–Crippen LogP) is 3.08. The number of rotatable bonds is 3. The fraction of sp³-hybridized carbons (Fsp3) is 0.375. The van der Waals surface area contributed by atoms with Gasteiger partial charge in [-0.3, -0.25) is 4.79 Å². The number of ether oxygens (including phenoxy) is 1. The second-order valence-corrected chi connectivity index (χ2v) is 6.64. The minimum Gasteiger partial charge on any atom is -0.481 e. The maximum Gasteiger partial charge on any atom is 0.437 e. The van der Waals surface area contributed by atoms with Crippen molar-refractivity contribution >= 4 is 35.1 Å². The van der Waals surface area contributed by atoms with Crippen LogP contribution in [0.15, 0.2) is 29.5 Å². The molecule has 2 rings (SSSR count). The molecule has 0 saturated heterocycles. The average Bonchev–Trinajstić information content (AvgIpc) is 2.54. The van der Waals surface area contributed by atoms with Crippen molar-refractivity contribution < 1.29 is 37.7 Å². The average molecular weight is 428 g/mol. The van der Waals surface area contributed by atoms with Gasteiger partial charge in [0.1, 0.15) is 5.92 Å². The van der Waals surface area contributed by atoms with Crippen LogP contribution in [0.1, 0.15) is 18.4 Å². The van der Waals surface area contributed by atoms with E-state index >= 15 is 0 Å². The molecule has 0 bridgehead atoms. The number of hydrogen-bond donors (Lipinski definition) is 3. The number of aliphatic carboxylic acids is 1. The largest absolute Gasteiger partial charge is 0.481 e. The first kappa shape index (κ1) is 21.3. The van der Waals surface area contributed by atoms with Gasteiger partial charge in [0.25, 0.3) is 0 Å². The lowest BCUT2D eigenvalue weighted by Crippen LogP contribution is -2.67. The molecule has 3 N–H and O–H groups in total. The van der Waals surface area contributed by atoms with Gasteiger partial charge in [0.2, 0.25) is 5.72 Å². The number of methoxy groups -OCH3 is 1. The number of aliphatic hydroxyl groups is 1. The molecule has 0 saturated carbocycles. The standard InChI is InChI=1S/C16H14Cl2F3NO5/c1-6-9(14(25)27-2)10(7-4-3-5-8(17)12(7)18)11(13(23)24)15(26,22-6)16(19,20)21/h3-5,10-11,22,26H,1-2H3,(H,23,24). The molecule has 0 spiro atoms. The molecule has 3 unspecified atom stereocenters.